The van der Waals surface area contributed by atoms with Gasteiger partial charge in [0.1, 0.15) is 11.7 Å². The summed E-state index contributed by atoms with van der Waals surface area (Å²) in [6.45, 7) is 2.35. The second kappa shape index (κ2) is 6.41. The Morgan fingerprint density at radius 3 is 2.59 bits per heavy atom. The van der Waals surface area contributed by atoms with Gasteiger partial charge in [0.25, 0.3) is 0 Å². The van der Waals surface area contributed by atoms with E-state index in [1.54, 1.807) is 14.2 Å². The fraction of sp³-hybridized carbons (Fsp3) is 0.769. The minimum absolute atomic E-state index is 0.00152. The van der Waals surface area contributed by atoms with Gasteiger partial charge in [0.2, 0.25) is 0 Å². The molecule has 8 rings (SSSR count). The molecule has 2 heterocycles. The molecule has 6 nitrogen and oxygen atoms in total. The van der Waals surface area contributed by atoms with Crippen molar-refractivity contribution in [3.8, 4) is 11.5 Å². The first-order valence-corrected chi connectivity index (χ1v) is 12.5. The Morgan fingerprint density at radius 2 is 1.91 bits per heavy atom. The number of hydrogen-bond acceptors (Lipinski definition) is 6. The van der Waals surface area contributed by atoms with Crippen LogP contribution in [0.4, 0.5) is 0 Å². The highest BCUT2D eigenvalue weighted by atomic mass is 16.6. The smallest absolute Gasteiger partial charge is 0.165 e. The van der Waals surface area contributed by atoms with E-state index in [1.807, 2.05) is 0 Å². The van der Waals surface area contributed by atoms with Crippen molar-refractivity contribution >= 4 is 0 Å². The van der Waals surface area contributed by atoms with Crippen LogP contribution >= 0.6 is 0 Å². The van der Waals surface area contributed by atoms with E-state index in [0.29, 0.717) is 6.04 Å². The molecular formula is C26H35NO5. The third-order valence-corrected chi connectivity index (χ3v) is 10.7. The molecule has 5 aliphatic carbocycles. The number of aliphatic hydroxyl groups excluding tert-OH is 2. The molecule has 4 saturated carbocycles. The Kier molecular flexibility index (Phi) is 4.02. The third kappa shape index (κ3) is 1.96. The van der Waals surface area contributed by atoms with E-state index in [0.717, 1.165) is 49.6 Å². The van der Waals surface area contributed by atoms with Crippen LogP contribution in [0.25, 0.3) is 0 Å². The number of hydrogen-bond donors (Lipinski definition) is 2. The lowest BCUT2D eigenvalue weighted by molar-refractivity contribution is -0.313. The van der Waals surface area contributed by atoms with Gasteiger partial charge in [-0.15, -0.1) is 0 Å². The normalized spacial score (nSPS) is 45.5. The predicted molar refractivity (Wildman–Crippen MR) is 118 cm³/mol. The van der Waals surface area contributed by atoms with Crippen LogP contribution < -0.4 is 9.47 Å². The van der Waals surface area contributed by atoms with Crippen molar-refractivity contribution in [2.45, 2.75) is 61.7 Å². The van der Waals surface area contributed by atoms with E-state index in [1.165, 1.54) is 30.5 Å². The van der Waals surface area contributed by atoms with Gasteiger partial charge in [0.15, 0.2) is 11.5 Å². The summed E-state index contributed by atoms with van der Waals surface area (Å²) in [5.74, 6) is 2.39. The highest BCUT2D eigenvalue weighted by Gasteiger charge is 2.83. The molecule has 2 aliphatic heterocycles. The Labute approximate surface area is 189 Å². The van der Waals surface area contributed by atoms with E-state index in [2.05, 4.69) is 17.0 Å². The Bertz CT molecular complexity index is 964. The average Bonchev–Trinajstić information content (AvgIpc) is 3.57. The van der Waals surface area contributed by atoms with Crippen LogP contribution in [0.5, 0.6) is 11.5 Å². The molecular weight excluding hydrogens is 406 g/mol. The molecule has 4 bridgehead atoms. The van der Waals surface area contributed by atoms with Gasteiger partial charge in [-0.05, 0) is 68.5 Å². The largest absolute Gasteiger partial charge is 0.493 e. The van der Waals surface area contributed by atoms with Gasteiger partial charge in [-0.1, -0.05) is 6.07 Å². The molecule has 7 atom stereocenters. The molecule has 7 aliphatic rings. The van der Waals surface area contributed by atoms with Crippen molar-refractivity contribution in [1.29, 1.82) is 0 Å². The molecule has 0 unspecified atom stereocenters. The maximum Gasteiger partial charge on any atom is 0.165 e. The highest BCUT2D eigenvalue weighted by molar-refractivity contribution is 5.64. The standard InChI is InChI=1S/C26H35NO5/c1-30-19-6-5-16-11-20-24-7-8-26(31-2,18(14-29)17(24)13-28)23-25(24,21(16)22(19)32-23)9-10-27(20)12-15-3-4-15/h5-6,15,17-18,20,23,28-29H,3-4,7-14H2,1-2H3/t17-,18-,20+,23+,24+,25-,26+/m0/s1. The number of ether oxygens (including phenoxy) is 3. The number of rotatable bonds is 6. The van der Waals surface area contributed by atoms with Crippen molar-refractivity contribution < 1.29 is 24.4 Å². The molecule has 2 spiro atoms. The monoisotopic (exact) mass is 441 g/mol. The van der Waals surface area contributed by atoms with Crippen LogP contribution in [-0.2, 0) is 16.6 Å². The van der Waals surface area contributed by atoms with Gasteiger partial charge in [-0.3, -0.25) is 4.90 Å². The topological polar surface area (TPSA) is 71.4 Å². The van der Waals surface area contributed by atoms with Gasteiger partial charge in [0, 0.05) is 55.2 Å². The van der Waals surface area contributed by atoms with Crippen LogP contribution in [0.3, 0.4) is 0 Å². The average molecular weight is 442 g/mol. The van der Waals surface area contributed by atoms with Crippen LogP contribution in [-0.4, -0.2) is 73.4 Å². The second-order valence-electron chi connectivity index (χ2n) is 11.3. The predicted octanol–water partition coefficient (Wildman–Crippen LogP) is 2.13. The van der Waals surface area contributed by atoms with Crippen molar-refractivity contribution in [1.82, 2.24) is 4.90 Å². The number of benzene rings is 1. The van der Waals surface area contributed by atoms with Crippen LogP contribution in [0.2, 0.25) is 0 Å². The zero-order chi connectivity index (χ0) is 21.9. The van der Waals surface area contributed by atoms with Gasteiger partial charge < -0.3 is 24.4 Å². The lowest BCUT2D eigenvalue weighted by Gasteiger charge is -2.76. The summed E-state index contributed by atoms with van der Waals surface area (Å²) in [5.41, 5.74) is 1.82. The Balaban J connectivity index is 1.52. The van der Waals surface area contributed by atoms with Gasteiger partial charge in [-0.25, -0.2) is 0 Å². The number of nitrogens with zero attached hydrogens (tertiary/aromatic N) is 1. The molecule has 2 N–H and O–H groups in total. The molecule has 0 radical (unpaired) electrons. The summed E-state index contributed by atoms with van der Waals surface area (Å²) >= 11 is 0. The zero-order valence-electron chi connectivity index (χ0n) is 19.2. The van der Waals surface area contributed by atoms with Crippen LogP contribution in [0.15, 0.2) is 12.1 Å². The molecule has 5 fully saturated rings. The van der Waals surface area contributed by atoms with E-state index in [4.69, 9.17) is 14.2 Å². The lowest BCUT2D eigenvalue weighted by atomic mass is 9.32. The van der Waals surface area contributed by atoms with Crippen molar-refractivity contribution in [2.24, 2.45) is 23.2 Å². The number of piperidine rings is 1. The van der Waals surface area contributed by atoms with Crippen LogP contribution in [0.1, 0.15) is 43.2 Å². The molecule has 1 aromatic carbocycles. The summed E-state index contributed by atoms with van der Waals surface area (Å²) in [4.78, 5) is 2.76. The molecule has 0 amide bonds. The van der Waals surface area contributed by atoms with Crippen molar-refractivity contribution in [3.63, 3.8) is 0 Å². The van der Waals surface area contributed by atoms with Gasteiger partial charge in [0.05, 0.1) is 7.11 Å². The SMILES string of the molecule is COc1ccc2c3c1O[C@H]1[C@@]4(OC)CC[C@@]5([C@@H](CO)[C@@H]4CO)[C@@H](C2)N(CC2CC2)CC[C@]315. The summed E-state index contributed by atoms with van der Waals surface area (Å²) in [6, 6.07) is 4.69. The molecule has 1 saturated heterocycles. The number of methoxy groups -OCH3 is 2. The van der Waals surface area contributed by atoms with Crippen LogP contribution in [0, 0.1) is 23.2 Å². The summed E-state index contributed by atoms with van der Waals surface area (Å²) in [5, 5.41) is 21.6. The van der Waals surface area contributed by atoms with Crippen molar-refractivity contribution in [2.75, 3.05) is 40.5 Å². The summed E-state index contributed by atoms with van der Waals surface area (Å²) in [7, 11) is 3.49. The maximum atomic E-state index is 10.9. The van der Waals surface area contributed by atoms with Gasteiger partial charge >= 0.3 is 0 Å². The minimum Gasteiger partial charge on any atom is -0.493 e. The summed E-state index contributed by atoms with van der Waals surface area (Å²) in [6.07, 6.45) is 6.45. The van der Waals surface area contributed by atoms with E-state index < -0.39 is 5.60 Å². The first-order chi connectivity index (χ1) is 15.6. The third-order valence-electron chi connectivity index (χ3n) is 10.7. The van der Waals surface area contributed by atoms with E-state index in [-0.39, 0.29) is 42.0 Å². The number of likely N-dealkylation sites (tertiary alicyclic amines) is 1. The molecule has 0 aromatic heterocycles. The quantitative estimate of drug-likeness (QED) is 0.705. The van der Waals surface area contributed by atoms with E-state index >= 15 is 0 Å². The fourth-order valence-electron chi connectivity index (χ4n) is 9.54. The first-order valence-electron chi connectivity index (χ1n) is 12.5. The minimum atomic E-state index is -0.592. The fourth-order valence-corrected chi connectivity index (χ4v) is 9.54. The second-order valence-corrected chi connectivity index (χ2v) is 11.3. The summed E-state index contributed by atoms with van der Waals surface area (Å²) < 4.78 is 19.1. The molecule has 1 aromatic rings. The zero-order valence-corrected chi connectivity index (χ0v) is 19.2. The molecule has 6 heteroatoms. The Morgan fingerprint density at radius 1 is 1.09 bits per heavy atom. The molecule has 32 heavy (non-hydrogen) atoms. The first kappa shape index (κ1) is 20.1. The van der Waals surface area contributed by atoms with Gasteiger partial charge in [-0.2, -0.15) is 0 Å². The Hall–Kier alpha value is -1.34. The number of aliphatic hydroxyl groups is 2. The van der Waals surface area contributed by atoms with E-state index in [9.17, 15) is 10.2 Å². The highest BCUT2D eigenvalue weighted by Crippen LogP contribution is 2.78. The molecule has 174 valence electrons. The maximum absolute atomic E-state index is 10.9. The number of fused-ring (bicyclic) bond motifs is 2. The van der Waals surface area contributed by atoms with Crippen molar-refractivity contribution in [3.05, 3.63) is 23.3 Å². The lowest BCUT2D eigenvalue weighted by Crippen LogP contribution is -2.84.